The number of amides is 3. The van der Waals surface area contributed by atoms with Gasteiger partial charge in [-0.1, -0.05) is 59.6 Å². The van der Waals surface area contributed by atoms with E-state index < -0.39 is 0 Å². The van der Waals surface area contributed by atoms with Crippen LogP contribution in [-0.4, -0.2) is 99.6 Å². The number of nitrogens with zero attached hydrogens (tertiary/aromatic N) is 4. The van der Waals surface area contributed by atoms with Crippen LogP contribution < -0.4 is 9.64 Å². The largest absolute Gasteiger partial charge is 0.482 e. The molecule has 2 aliphatic heterocycles. The second-order valence-corrected chi connectivity index (χ2v) is 11.7. The number of hydrogen-bond acceptors (Lipinski definition) is 6. The van der Waals surface area contributed by atoms with Gasteiger partial charge in [0, 0.05) is 52.4 Å². The maximum atomic E-state index is 13.8. The number of hydrogen-bond donors (Lipinski definition) is 0. The van der Waals surface area contributed by atoms with Crippen molar-refractivity contribution in [1.82, 2.24) is 14.7 Å². The highest BCUT2D eigenvalue weighted by Crippen LogP contribution is 2.39. The van der Waals surface area contributed by atoms with Crippen LogP contribution in [0.15, 0.2) is 60.7 Å². The molecule has 0 N–H and O–H groups in total. The van der Waals surface area contributed by atoms with Gasteiger partial charge < -0.3 is 19.3 Å². The summed E-state index contributed by atoms with van der Waals surface area (Å²) in [6.07, 6.45) is 0. The van der Waals surface area contributed by atoms with Crippen LogP contribution in [0.1, 0.15) is 22.0 Å². The number of benzene rings is 3. The van der Waals surface area contributed by atoms with Crippen LogP contribution in [0.5, 0.6) is 5.75 Å². The Morgan fingerprint density at radius 3 is 2.33 bits per heavy atom. The van der Waals surface area contributed by atoms with Crippen molar-refractivity contribution < 1.29 is 23.9 Å². The van der Waals surface area contributed by atoms with Gasteiger partial charge in [-0.05, 0) is 34.9 Å². The number of carbonyl (C=O) groups is 3. The van der Waals surface area contributed by atoms with E-state index in [0.29, 0.717) is 41.8 Å². The predicted molar refractivity (Wildman–Crippen MR) is 167 cm³/mol. The number of likely N-dealkylation sites (N-methyl/N-ethyl adjacent to an activating group) is 1. The summed E-state index contributed by atoms with van der Waals surface area (Å²) in [5.41, 5.74) is 3.87. The second kappa shape index (κ2) is 13.3. The molecule has 1 fully saturated rings. The van der Waals surface area contributed by atoms with Gasteiger partial charge in [-0.3, -0.25) is 24.2 Å². The van der Waals surface area contributed by atoms with E-state index in [0.717, 1.165) is 29.8 Å². The lowest BCUT2D eigenvalue weighted by Gasteiger charge is -2.37. The van der Waals surface area contributed by atoms with E-state index >= 15 is 0 Å². The Balaban J connectivity index is 1.40. The van der Waals surface area contributed by atoms with Gasteiger partial charge in [-0.15, -0.1) is 0 Å². The van der Waals surface area contributed by atoms with Gasteiger partial charge in [0.05, 0.1) is 35.0 Å². The molecule has 2 aliphatic rings. The molecule has 3 amide bonds. The molecule has 1 saturated heterocycles. The van der Waals surface area contributed by atoms with Gasteiger partial charge in [-0.2, -0.15) is 0 Å². The standard InChI is InChI=1S/C32H34Cl2N4O5/c1-35(2)32(41)24-6-4-5-23(15-24)21-7-9-22(10-8-21)28(18-37-11-13-42-14-12-37)36(3)30(39)19-38-27-16-25(33)26(34)17-29(27)43-20-31(38)40/h4-10,15-17,28H,11-14,18-20H2,1-3H3/t28-/m0/s1. The lowest BCUT2D eigenvalue weighted by Crippen LogP contribution is -2.48. The molecule has 2 heterocycles. The van der Waals surface area contributed by atoms with E-state index in [2.05, 4.69) is 4.90 Å². The van der Waals surface area contributed by atoms with Crippen LogP contribution in [0.3, 0.4) is 0 Å². The fourth-order valence-corrected chi connectivity index (χ4v) is 5.57. The highest BCUT2D eigenvalue weighted by Gasteiger charge is 2.32. The first-order valence-corrected chi connectivity index (χ1v) is 14.8. The maximum Gasteiger partial charge on any atom is 0.265 e. The zero-order valence-electron chi connectivity index (χ0n) is 24.4. The monoisotopic (exact) mass is 624 g/mol. The Morgan fingerprint density at radius 2 is 1.63 bits per heavy atom. The van der Waals surface area contributed by atoms with Gasteiger partial charge in [0.1, 0.15) is 12.3 Å². The number of halogens is 2. The Labute approximate surface area is 261 Å². The summed E-state index contributed by atoms with van der Waals surface area (Å²) in [4.78, 5) is 46.0. The van der Waals surface area contributed by atoms with Crippen molar-refractivity contribution in [3.05, 3.63) is 81.8 Å². The lowest BCUT2D eigenvalue weighted by molar-refractivity contribution is -0.133. The molecule has 0 saturated carbocycles. The van der Waals surface area contributed by atoms with Gasteiger partial charge in [0.15, 0.2) is 6.61 Å². The van der Waals surface area contributed by atoms with Crippen molar-refractivity contribution in [2.45, 2.75) is 6.04 Å². The molecule has 9 nitrogen and oxygen atoms in total. The summed E-state index contributed by atoms with van der Waals surface area (Å²) in [5.74, 6) is -0.224. The molecule has 0 bridgehead atoms. The molecule has 11 heteroatoms. The minimum atomic E-state index is -0.336. The highest BCUT2D eigenvalue weighted by atomic mass is 35.5. The minimum absolute atomic E-state index is 0.0593. The van der Waals surface area contributed by atoms with E-state index in [1.54, 1.807) is 49.1 Å². The first-order valence-electron chi connectivity index (χ1n) is 14.0. The van der Waals surface area contributed by atoms with E-state index in [1.165, 1.54) is 4.90 Å². The Bertz CT molecular complexity index is 1510. The predicted octanol–water partition coefficient (Wildman–Crippen LogP) is 4.62. The SMILES string of the molecule is CN(C)C(=O)c1cccc(-c2ccc([C@H](CN3CCOCC3)N(C)C(=O)CN3C(=O)COc4cc(Cl)c(Cl)cc43)cc2)c1. The molecule has 1 atom stereocenters. The first kappa shape index (κ1) is 30.8. The molecule has 3 aromatic carbocycles. The van der Waals surface area contributed by atoms with Crippen LogP contribution in [0.25, 0.3) is 11.1 Å². The lowest BCUT2D eigenvalue weighted by atomic mass is 9.98. The van der Waals surface area contributed by atoms with Crippen molar-refractivity contribution in [3.8, 4) is 16.9 Å². The minimum Gasteiger partial charge on any atom is -0.482 e. The highest BCUT2D eigenvalue weighted by molar-refractivity contribution is 6.42. The summed E-state index contributed by atoms with van der Waals surface area (Å²) >= 11 is 12.4. The average Bonchev–Trinajstić information content (AvgIpc) is 3.02. The van der Waals surface area contributed by atoms with Gasteiger partial charge >= 0.3 is 0 Å². The molecule has 5 rings (SSSR count). The number of rotatable bonds is 8. The van der Waals surface area contributed by atoms with E-state index in [-0.39, 0.29) is 41.9 Å². The topological polar surface area (TPSA) is 82.6 Å². The van der Waals surface area contributed by atoms with Gasteiger partial charge in [-0.25, -0.2) is 0 Å². The van der Waals surface area contributed by atoms with Crippen LogP contribution in [0.2, 0.25) is 10.0 Å². The molecular formula is C32H34Cl2N4O5. The summed E-state index contributed by atoms with van der Waals surface area (Å²) in [6.45, 7) is 3.03. The smallest absolute Gasteiger partial charge is 0.265 e. The average molecular weight is 626 g/mol. The van der Waals surface area contributed by atoms with E-state index in [1.807, 2.05) is 42.5 Å². The Kier molecular flexibility index (Phi) is 9.56. The molecule has 0 unspecified atom stereocenters. The fraction of sp³-hybridized carbons (Fsp3) is 0.344. The summed E-state index contributed by atoms with van der Waals surface area (Å²) in [5, 5.41) is 0.578. The zero-order chi connectivity index (χ0) is 30.7. The molecular weight excluding hydrogens is 591 g/mol. The van der Waals surface area contributed by atoms with E-state index in [4.69, 9.17) is 32.7 Å². The molecule has 43 heavy (non-hydrogen) atoms. The van der Waals surface area contributed by atoms with Crippen LogP contribution in [0, 0.1) is 0 Å². The Morgan fingerprint density at radius 1 is 0.930 bits per heavy atom. The summed E-state index contributed by atoms with van der Waals surface area (Å²) in [6, 6.07) is 18.4. The van der Waals surface area contributed by atoms with Crippen molar-refractivity contribution >= 4 is 46.6 Å². The first-order chi connectivity index (χ1) is 20.6. The third kappa shape index (κ3) is 6.96. The van der Waals surface area contributed by atoms with Crippen molar-refractivity contribution in [1.29, 1.82) is 0 Å². The number of ether oxygens (including phenoxy) is 2. The normalized spacial score (nSPS) is 15.8. The molecule has 226 valence electrons. The zero-order valence-corrected chi connectivity index (χ0v) is 25.9. The van der Waals surface area contributed by atoms with Crippen LogP contribution in [0.4, 0.5) is 5.69 Å². The number of fused-ring (bicyclic) bond motifs is 1. The number of anilines is 1. The van der Waals surface area contributed by atoms with Crippen LogP contribution >= 0.6 is 23.2 Å². The van der Waals surface area contributed by atoms with Gasteiger partial charge in [0.25, 0.3) is 11.8 Å². The van der Waals surface area contributed by atoms with Crippen LogP contribution in [-0.2, 0) is 14.3 Å². The van der Waals surface area contributed by atoms with Gasteiger partial charge in [0.2, 0.25) is 5.91 Å². The molecule has 0 radical (unpaired) electrons. The summed E-state index contributed by atoms with van der Waals surface area (Å²) < 4.78 is 11.1. The number of carbonyl (C=O) groups excluding carboxylic acids is 3. The second-order valence-electron chi connectivity index (χ2n) is 10.8. The third-order valence-corrected chi connectivity index (χ3v) is 8.50. The van der Waals surface area contributed by atoms with Crippen molar-refractivity contribution in [3.63, 3.8) is 0 Å². The quantitative estimate of drug-likeness (QED) is 0.364. The maximum absolute atomic E-state index is 13.8. The third-order valence-electron chi connectivity index (χ3n) is 7.78. The van der Waals surface area contributed by atoms with E-state index in [9.17, 15) is 14.4 Å². The van der Waals surface area contributed by atoms with Crippen molar-refractivity contribution in [2.75, 3.05) is 72.0 Å². The molecule has 0 aromatic heterocycles. The number of morpholine rings is 1. The summed E-state index contributed by atoms with van der Waals surface area (Å²) in [7, 11) is 5.22. The Hall–Kier alpha value is -3.63. The molecule has 0 spiro atoms. The fourth-order valence-electron chi connectivity index (χ4n) is 5.26. The molecule has 0 aliphatic carbocycles. The van der Waals surface area contributed by atoms with Crippen molar-refractivity contribution in [2.24, 2.45) is 0 Å². The molecule has 3 aromatic rings.